The van der Waals surface area contributed by atoms with Gasteiger partial charge in [-0.1, -0.05) is 33.1 Å². The number of rotatable bonds is 20. The summed E-state index contributed by atoms with van der Waals surface area (Å²) in [4.78, 5) is 78.6. The van der Waals surface area contributed by atoms with Gasteiger partial charge in [-0.15, -0.1) is 0 Å². The Balaban J connectivity index is 0.000000175. The molecule has 0 aromatic heterocycles. The zero-order chi connectivity index (χ0) is 58.5. The van der Waals surface area contributed by atoms with Crippen molar-refractivity contribution < 1.29 is 78.2 Å². The second-order valence-corrected chi connectivity index (χ2v) is 26.2. The highest BCUT2D eigenvalue weighted by Crippen LogP contribution is 2.66. The number of carboxylic acid groups (broad SMARTS) is 3. The molecule has 10 fully saturated rings. The molecule has 0 unspecified atom stereocenters. The fourth-order valence-electron chi connectivity index (χ4n) is 16.1. The van der Waals surface area contributed by atoms with Gasteiger partial charge in [-0.05, 0) is 135 Å². The number of carbonyl (C=O) groups is 6. The van der Waals surface area contributed by atoms with Gasteiger partial charge in [0.15, 0.2) is 0 Å². The first kappa shape index (κ1) is 63.1. The van der Waals surface area contributed by atoms with E-state index in [0.717, 1.165) is 37.9 Å². The predicted octanol–water partition coefficient (Wildman–Crippen LogP) is -2.03. The van der Waals surface area contributed by atoms with E-state index in [1.54, 1.807) is 25.7 Å². The van der Waals surface area contributed by atoms with E-state index in [2.05, 4.69) is 36.7 Å². The summed E-state index contributed by atoms with van der Waals surface area (Å²) in [6.45, 7) is 15.1. The second kappa shape index (κ2) is 23.3. The first-order valence-electron chi connectivity index (χ1n) is 28.4. The lowest BCUT2D eigenvalue weighted by atomic mass is 9.43. The van der Waals surface area contributed by atoms with Crippen LogP contribution in [-0.4, -0.2) is 226 Å². The second-order valence-electron chi connectivity index (χ2n) is 26.2. The van der Waals surface area contributed by atoms with Gasteiger partial charge in [0.1, 0.15) is 22.7 Å². The highest BCUT2D eigenvalue weighted by molar-refractivity contribution is 6.45. The molecule has 0 spiro atoms. The van der Waals surface area contributed by atoms with E-state index >= 15 is 0 Å². The van der Waals surface area contributed by atoms with Crippen molar-refractivity contribution in [3.05, 3.63) is 0 Å². The number of methoxy groups -OCH3 is 1. The van der Waals surface area contributed by atoms with Gasteiger partial charge in [-0.3, -0.25) is 44.7 Å². The molecule has 0 aromatic carbocycles. The average Bonchev–Trinajstić information content (AvgIpc) is 4.33. The van der Waals surface area contributed by atoms with Gasteiger partial charge in [0.2, 0.25) is 17.7 Å². The zero-order valence-electron chi connectivity index (χ0n) is 47.5. The standard InChI is InChI=1S/C23H38BN3O5.C14H26BN3O6.C14H26BN3O5/c1-14(25)18(28)27-12-22(7-9-26-23(22,13-27)19(29)30)6-5-8-24-31-17-11-15-10-16(20(15,2)3)21(17,4)32-24;1-24-7-10(16)11(19)18-8-13(3-2-5-15(22)23)4-6-17-14(13,9-18)12(20)21;1-12(2,16)10(19)18-8-13(4-3-6-15(22)23)5-7-17-14(13,9-18)11(20)21/h14-17,26H,5-13,25H2,1-4H3,(H,29,30);10,17,22-23H,2-9,16H2,1H3,(H,20,21);17,22-23H,3-9,16H2,1-2H3,(H,20,21)/t14-,15-,16-,17+,21-,22+,23+;10-,13+,14+;13-,14-/m001/s1. The van der Waals surface area contributed by atoms with Gasteiger partial charge < -0.3 is 81.4 Å². The van der Waals surface area contributed by atoms with Gasteiger partial charge in [0.25, 0.3) is 0 Å². The lowest BCUT2D eigenvalue weighted by Gasteiger charge is -2.64. The molecule has 3 saturated carbocycles. The van der Waals surface area contributed by atoms with E-state index < -0.39 is 82.6 Å². The fourth-order valence-corrected chi connectivity index (χ4v) is 16.1. The Kier molecular flexibility index (Phi) is 18.6. The van der Waals surface area contributed by atoms with Crippen LogP contribution >= 0.6 is 0 Å². The molecule has 3 aliphatic carbocycles. The summed E-state index contributed by atoms with van der Waals surface area (Å²) in [5, 5.41) is 75.4. The first-order chi connectivity index (χ1) is 36.8. The molecule has 444 valence electrons. The number of carbonyl (C=O) groups excluding carboxylic acids is 3. The molecule has 3 amide bonds. The molecule has 10 aliphatic rings. The van der Waals surface area contributed by atoms with E-state index in [-0.39, 0.29) is 75.4 Å². The number of nitrogens with two attached hydrogens (primary N) is 3. The van der Waals surface area contributed by atoms with Crippen LogP contribution in [0.4, 0.5) is 0 Å². The normalized spacial score (nSPS) is 36.2. The Bertz CT molecular complexity index is 2290. The maximum Gasteiger partial charge on any atom is 0.457 e. The van der Waals surface area contributed by atoms with Crippen molar-refractivity contribution >= 4 is 57.0 Å². The highest BCUT2D eigenvalue weighted by atomic mass is 16.7. The molecule has 0 aromatic rings. The van der Waals surface area contributed by atoms with Crippen molar-refractivity contribution in [1.82, 2.24) is 30.7 Å². The van der Waals surface area contributed by atoms with Crippen LogP contribution in [-0.2, 0) is 42.8 Å². The summed E-state index contributed by atoms with van der Waals surface area (Å²) in [6, 6.07) is -1.45. The third-order valence-corrected chi connectivity index (χ3v) is 20.5. The molecular formula is C51H90B3N9O16. The number of likely N-dealkylation sites (tertiary alicyclic amines) is 3. The molecular weight excluding hydrogens is 1030 g/mol. The number of ether oxygens (including phenoxy) is 1. The van der Waals surface area contributed by atoms with Crippen molar-refractivity contribution in [3.8, 4) is 0 Å². The SMILES string of the molecule is CC(C)(N)C(=O)N1C[C@@]2(CCCB(O)O)CCN[C@@]2(C(=O)O)C1.COC[C@H](N)C(=O)N1C[C@@]2(CCCB(O)O)CCN[C@@]2(C(=O)O)C1.C[C@H](N)C(=O)N1C[C@@]2(CCCB3O[C@@H]4C[C@@H]5C[C@@H](C5(C)C)[C@]4(C)O3)CCN[C@@]2(C(=O)O)C1. The van der Waals surface area contributed by atoms with E-state index in [4.69, 9.17) is 51.3 Å². The molecule has 28 heteroatoms. The summed E-state index contributed by atoms with van der Waals surface area (Å²) < 4.78 is 17.8. The maximum absolute atomic E-state index is 12.6. The molecule has 2 bridgehead atoms. The average molecular weight is 1120 g/mol. The number of nitrogens with zero attached hydrogens (tertiary/aromatic N) is 3. The van der Waals surface area contributed by atoms with Crippen LogP contribution in [0.5, 0.6) is 0 Å². The largest absolute Gasteiger partial charge is 0.480 e. The lowest BCUT2D eigenvalue weighted by molar-refractivity contribution is -0.199. The highest BCUT2D eigenvalue weighted by Gasteiger charge is 2.70. The van der Waals surface area contributed by atoms with Crippen LogP contribution in [0.3, 0.4) is 0 Å². The number of carboxylic acids is 3. The maximum atomic E-state index is 12.6. The van der Waals surface area contributed by atoms with Crippen molar-refractivity contribution in [1.29, 1.82) is 0 Å². The van der Waals surface area contributed by atoms with Gasteiger partial charge in [0, 0.05) is 43.0 Å². The van der Waals surface area contributed by atoms with E-state index in [1.165, 1.54) is 23.3 Å². The van der Waals surface area contributed by atoms with Crippen molar-refractivity contribution in [2.75, 3.05) is 72.6 Å². The first-order valence-corrected chi connectivity index (χ1v) is 28.4. The molecule has 12 atom stereocenters. The van der Waals surface area contributed by atoms with Crippen molar-refractivity contribution in [2.45, 2.75) is 177 Å². The number of amides is 3. The van der Waals surface area contributed by atoms with Gasteiger partial charge in [-0.25, -0.2) is 0 Å². The minimum Gasteiger partial charge on any atom is -0.480 e. The number of hydrogen-bond donors (Lipinski definition) is 13. The van der Waals surface area contributed by atoms with Crippen LogP contribution in [0.25, 0.3) is 0 Å². The van der Waals surface area contributed by atoms with Gasteiger partial charge in [0.05, 0.1) is 49.5 Å². The molecule has 79 heavy (non-hydrogen) atoms. The Hall–Kier alpha value is -3.51. The Morgan fingerprint density at radius 1 is 0.696 bits per heavy atom. The summed E-state index contributed by atoms with van der Waals surface area (Å²) in [7, 11) is -1.59. The molecule has 7 heterocycles. The third-order valence-electron chi connectivity index (χ3n) is 20.5. The summed E-state index contributed by atoms with van der Waals surface area (Å²) in [6.07, 6.45) is 9.07. The van der Waals surface area contributed by atoms with Crippen LogP contribution in [0.1, 0.15) is 112 Å². The molecule has 10 rings (SSSR count). The van der Waals surface area contributed by atoms with E-state index in [9.17, 15) is 44.1 Å². The number of aliphatic carboxylic acids is 3. The molecule has 0 radical (unpaired) electrons. The van der Waals surface area contributed by atoms with Crippen LogP contribution < -0.4 is 33.2 Å². The molecule has 25 nitrogen and oxygen atoms in total. The van der Waals surface area contributed by atoms with Crippen LogP contribution in [0.15, 0.2) is 0 Å². The number of hydrogen-bond acceptors (Lipinski definition) is 19. The summed E-state index contributed by atoms with van der Waals surface area (Å²) in [5.41, 5.74) is 11.4. The monoisotopic (exact) mass is 1120 g/mol. The molecule has 7 saturated heterocycles. The van der Waals surface area contributed by atoms with E-state index in [1.807, 2.05) is 0 Å². The van der Waals surface area contributed by atoms with Gasteiger partial charge in [-0.2, -0.15) is 0 Å². The summed E-state index contributed by atoms with van der Waals surface area (Å²) in [5.74, 6) is -2.34. The van der Waals surface area contributed by atoms with E-state index in [0.29, 0.717) is 89.1 Å². The smallest absolute Gasteiger partial charge is 0.457 e. The molecule has 16 N–H and O–H groups in total. The number of fused-ring (bicyclic) bond motifs is 3. The predicted molar refractivity (Wildman–Crippen MR) is 290 cm³/mol. The van der Waals surface area contributed by atoms with Crippen LogP contribution in [0.2, 0.25) is 19.0 Å². The third kappa shape index (κ3) is 11.3. The Morgan fingerprint density at radius 2 is 1.13 bits per heavy atom. The Morgan fingerprint density at radius 3 is 1.53 bits per heavy atom. The topological polar surface area (TPSA) is 396 Å². The molecule has 7 aliphatic heterocycles. The van der Waals surface area contributed by atoms with Gasteiger partial charge >= 0.3 is 39.3 Å². The quantitative estimate of drug-likeness (QED) is 0.0585. The summed E-state index contributed by atoms with van der Waals surface area (Å²) >= 11 is 0. The lowest BCUT2D eigenvalue weighted by Crippen LogP contribution is -2.65. The minimum atomic E-state index is -1.41. The van der Waals surface area contributed by atoms with Crippen molar-refractivity contribution in [3.63, 3.8) is 0 Å². The fraction of sp³-hybridized carbons (Fsp3) is 0.882. The van der Waals surface area contributed by atoms with Crippen molar-refractivity contribution in [2.24, 2.45) is 50.7 Å². The minimum absolute atomic E-state index is 0.0558. The zero-order valence-corrected chi connectivity index (χ0v) is 47.5. The Labute approximate surface area is 464 Å². The number of nitrogens with one attached hydrogen (secondary N) is 3. The van der Waals surface area contributed by atoms with Crippen LogP contribution in [0, 0.1) is 33.5 Å².